The second kappa shape index (κ2) is 9.17. The van der Waals surface area contributed by atoms with Crippen LogP contribution < -0.4 is 5.32 Å². The second-order valence-corrected chi connectivity index (χ2v) is 7.83. The van der Waals surface area contributed by atoms with Gasteiger partial charge < -0.3 is 15.0 Å². The van der Waals surface area contributed by atoms with E-state index in [1.807, 2.05) is 0 Å². The summed E-state index contributed by atoms with van der Waals surface area (Å²) in [7, 11) is 1.17. The van der Waals surface area contributed by atoms with Gasteiger partial charge in [-0.3, -0.25) is 4.79 Å². The number of carbonyl (C=O) groups excluding carboxylic acids is 2. The number of rotatable bonds is 5. The van der Waals surface area contributed by atoms with Crippen molar-refractivity contribution in [1.82, 2.24) is 15.3 Å². The van der Waals surface area contributed by atoms with E-state index in [1.165, 1.54) is 61.7 Å². The monoisotopic (exact) mass is 489 g/mol. The van der Waals surface area contributed by atoms with Gasteiger partial charge in [-0.15, -0.1) is 0 Å². The number of aromatic amines is 1. The van der Waals surface area contributed by atoms with Crippen molar-refractivity contribution in [1.29, 1.82) is 0 Å². The highest BCUT2D eigenvalue weighted by Crippen LogP contribution is 2.32. The van der Waals surface area contributed by atoms with E-state index >= 15 is 0 Å². The minimum Gasteiger partial charge on any atom is -0.467 e. The van der Waals surface area contributed by atoms with Crippen molar-refractivity contribution in [3.63, 3.8) is 0 Å². The van der Waals surface area contributed by atoms with Crippen LogP contribution in [0.3, 0.4) is 0 Å². The van der Waals surface area contributed by atoms with Crippen LogP contribution in [0, 0.1) is 11.6 Å². The Morgan fingerprint density at radius 3 is 2.45 bits per heavy atom. The Morgan fingerprint density at radius 1 is 1.06 bits per heavy atom. The SMILES string of the molecule is COC(=O)C(NC(=O)c1cc(Cl)c2[nH]c(-c3c(F)cccc3Cl)nc2c1)c1ccc(F)cc1. The highest BCUT2D eigenvalue weighted by atomic mass is 35.5. The minimum absolute atomic E-state index is 0.0690. The number of methoxy groups -OCH3 is 1. The molecule has 0 aliphatic carbocycles. The Labute approximate surface area is 196 Å². The fraction of sp³-hybridized carbons (Fsp3) is 0.0870. The number of benzene rings is 3. The number of carbonyl (C=O) groups is 2. The van der Waals surface area contributed by atoms with E-state index in [4.69, 9.17) is 27.9 Å². The van der Waals surface area contributed by atoms with E-state index in [-0.39, 0.29) is 27.0 Å². The zero-order valence-corrected chi connectivity index (χ0v) is 18.5. The third-order valence-corrected chi connectivity index (χ3v) is 5.54. The average molecular weight is 490 g/mol. The number of nitrogens with one attached hydrogen (secondary N) is 2. The summed E-state index contributed by atoms with van der Waals surface area (Å²) in [5.74, 6) is -2.30. The Bertz CT molecular complexity index is 1350. The molecule has 1 amide bonds. The van der Waals surface area contributed by atoms with E-state index in [9.17, 15) is 18.4 Å². The maximum Gasteiger partial charge on any atom is 0.333 e. The molecule has 4 aromatic rings. The number of halogens is 4. The molecule has 1 heterocycles. The van der Waals surface area contributed by atoms with Gasteiger partial charge in [-0.25, -0.2) is 18.6 Å². The van der Waals surface area contributed by atoms with E-state index in [2.05, 4.69) is 15.3 Å². The molecular formula is C23H15Cl2F2N3O3. The normalized spacial score (nSPS) is 11.9. The summed E-state index contributed by atoms with van der Waals surface area (Å²) < 4.78 is 32.3. The van der Waals surface area contributed by atoms with E-state index in [1.54, 1.807) is 0 Å². The molecule has 1 aromatic heterocycles. The van der Waals surface area contributed by atoms with E-state index in [0.29, 0.717) is 16.6 Å². The maximum atomic E-state index is 14.3. The largest absolute Gasteiger partial charge is 0.467 e. The summed E-state index contributed by atoms with van der Waals surface area (Å²) in [5, 5.41) is 2.86. The third kappa shape index (κ3) is 4.53. The number of hydrogen-bond acceptors (Lipinski definition) is 4. The molecule has 1 atom stereocenters. The maximum absolute atomic E-state index is 14.3. The number of imidazole rings is 1. The lowest BCUT2D eigenvalue weighted by Crippen LogP contribution is -2.34. The van der Waals surface area contributed by atoms with Gasteiger partial charge in [0, 0.05) is 5.56 Å². The number of fused-ring (bicyclic) bond motifs is 1. The third-order valence-electron chi connectivity index (χ3n) is 4.92. The first-order chi connectivity index (χ1) is 15.8. The average Bonchev–Trinajstić information content (AvgIpc) is 3.21. The highest BCUT2D eigenvalue weighted by molar-refractivity contribution is 6.35. The molecule has 4 rings (SSSR count). The molecule has 3 aromatic carbocycles. The number of esters is 1. The van der Waals surface area contributed by atoms with Gasteiger partial charge in [0.05, 0.1) is 33.8 Å². The lowest BCUT2D eigenvalue weighted by Gasteiger charge is -2.17. The zero-order chi connectivity index (χ0) is 23.7. The molecule has 1 unspecified atom stereocenters. The first-order valence-corrected chi connectivity index (χ1v) is 10.3. The van der Waals surface area contributed by atoms with Crippen molar-refractivity contribution in [3.8, 4) is 11.4 Å². The van der Waals surface area contributed by atoms with E-state index < -0.39 is 29.6 Å². The molecular weight excluding hydrogens is 475 g/mol. The van der Waals surface area contributed by atoms with Crippen LogP contribution in [0.1, 0.15) is 22.0 Å². The van der Waals surface area contributed by atoms with Gasteiger partial charge in [0.15, 0.2) is 6.04 Å². The number of amides is 1. The molecule has 0 radical (unpaired) electrons. The van der Waals surface area contributed by atoms with Crippen LogP contribution in [0.4, 0.5) is 8.78 Å². The minimum atomic E-state index is -1.18. The topological polar surface area (TPSA) is 84.1 Å². The Morgan fingerprint density at radius 2 is 1.79 bits per heavy atom. The Hall–Kier alpha value is -3.49. The first kappa shape index (κ1) is 22.7. The fourth-order valence-corrected chi connectivity index (χ4v) is 3.82. The second-order valence-electron chi connectivity index (χ2n) is 7.02. The van der Waals surface area contributed by atoms with Gasteiger partial charge >= 0.3 is 5.97 Å². The molecule has 0 aliphatic rings. The van der Waals surface area contributed by atoms with Crippen molar-refractivity contribution in [2.75, 3.05) is 7.11 Å². The van der Waals surface area contributed by atoms with Gasteiger partial charge in [0.2, 0.25) is 0 Å². The van der Waals surface area contributed by atoms with Crippen LogP contribution in [0.5, 0.6) is 0 Å². The standard InChI is InChI=1S/C23H15Cl2F2N3O3/c1-33-23(32)19(11-5-7-13(26)8-6-11)30-22(31)12-9-15(25)20-17(10-12)28-21(29-20)18-14(24)3-2-4-16(18)27/h2-10,19H,1H3,(H,28,29)(H,30,31). The summed E-state index contributed by atoms with van der Waals surface area (Å²) in [6.07, 6.45) is 0. The molecule has 168 valence electrons. The van der Waals surface area contributed by atoms with Crippen molar-refractivity contribution in [2.45, 2.75) is 6.04 Å². The highest BCUT2D eigenvalue weighted by Gasteiger charge is 2.25. The van der Waals surface area contributed by atoms with Crippen molar-refractivity contribution < 1.29 is 23.1 Å². The van der Waals surface area contributed by atoms with Gasteiger partial charge in [-0.2, -0.15) is 0 Å². The zero-order valence-electron chi connectivity index (χ0n) is 17.0. The summed E-state index contributed by atoms with van der Waals surface area (Å²) in [6.45, 7) is 0. The Balaban J connectivity index is 1.69. The lowest BCUT2D eigenvalue weighted by atomic mass is 10.1. The van der Waals surface area contributed by atoms with Crippen molar-refractivity contribution >= 4 is 46.1 Å². The molecule has 6 nitrogen and oxygen atoms in total. The molecule has 0 saturated carbocycles. The van der Waals surface area contributed by atoms with Crippen LogP contribution >= 0.6 is 23.2 Å². The molecule has 2 N–H and O–H groups in total. The lowest BCUT2D eigenvalue weighted by molar-refractivity contribution is -0.143. The number of hydrogen-bond donors (Lipinski definition) is 2. The molecule has 0 fully saturated rings. The van der Waals surface area contributed by atoms with Crippen LogP contribution in [0.15, 0.2) is 54.6 Å². The quantitative estimate of drug-likeness (QED) is 0.364. The first-order valence-electron chi connectivity index (χ1n) is 9.56. The molecule has 0 bridgehead atoms. The van der Waals surface area contributed by atoms with Gasteiger partial charge in [-0.1, -0.05) is 41.4 Å². The number of H-pyrrole nitrogens is 1. The molecule has 0 spiro atoms. The van der Waals surface area contributed by atoms with Crippen LogP contribution in [0.25, 0.3) is 22.4 Å². The predicted octanol–water partition coefficient (Wildman–Crippen LogP) is 5.46. The molecule has 0 saturated heterocycles. The van der Waals surface area contributed by atoms with Crippen LogP contribution in [-0.4, -0.2) is 29.0 Å². The molecule has 10 heteroatoms. The smallest absolute Gasteiger partial charge is 0.333 e. The van der Waals surface area contributed by atoms with Gasteiger partial charge in [-0.05, 0) is 42.0 Å². The van der Waals surface area contributed by atoms with Crippen molar-refractivity contribution in [2.24, 2.45) is 0 Å². The van der Waals surface area contributed by atoms with Crippen LogP contribution in [-0.2, 0) is 9.53 Å². The van der Waals surface area contributed by atoms with Gasteiger partial charge in [0.25, 0.3) is 5.91 Å². The molecule has 0 aliphatic heterocycles. The predicted molar refractivity (Wildman–Crippen MR) is 120 cm³/mol. The number of aromatic nitrogens is 2. The van der Waals surface area contributed by atoms with E-state index in [0.717, 1.165) is 0 Å². The summed E-state index contributed by atoms with van der Waals surface area (Å²) >= 11 is 12.5. The van der Waals surface area contributed by atoms with Crippen LogP contribution in [0.2, 0.25) is 10.0 Å². The Kier molecular flexibility index (Phi) is 6.31. The summed E-state index contributed by atoms with van der Waals surface area (Å²) in [4.78, 5) is 32.4. The summed E-state index contributed by atoms with van der Waals surface area (Å²) in [5.41, 5.74) is 1.17. The number of ether oxygens (including phenoxy) is 1. The van der Waals surface area contributed by atoms with Gasteiger partial charge in [0.1, 0.15) is 17.5 Å². The van der Waals surface area contributed by atoms with Crippen molar-refractivity contribution in [3.05, 3.63) is 87.4 Å². The number of nitrogens with zero attached hydrogens (tertiary/aromatic N) is 1. The fourth-order valence-electron chi connectivity index (χ4n) is 3.31. The summed E-state index contributed by atoms with van der Waals surface area (Å²) in [6, 6.07) is 10.9. The molecule has 33 heavy (non-hydrogen) atoms.